The van der Waals surface area contributed by atoms with E-state index in [0.717, 1.165) is 17.4 Å². The van der Waals surface area contributed by atoms with Crippen LogP contribution in [0.5, 0.6) is 0 Å². The maximum Gasteiger partial charge on any atom is 0.291 e. The zero-order valence-electron chi connectivity index (χ0n) is 19.9. The van der Waals surface area contributed by atoms with E-state index in [9.17, 15) is 0 Å². The topological polar surface area (TPSA) is 0 Å². The van der Waals surface area contributed by atoms with Gasteiger partial charge in [0.2, 0.25) is 0 Å². The Morgan fingerprint density at radius 1 is 0.576 bits per heavy atom. The van der Waals surface area contributed by atoms with E-state index < -0.39 is 6.28 Å². The molecule has 1 aliphatic rings. The van der Waals surface area contributed by atoms with Crippen LogP contribution in [0.2, 0.25) is 0 Å². The van der Waals surface area contributed by atoms with E-state index in [-0.39, 0.29) is 0 Å². The molecule has 1 aliphatic heterocycles. The lowest BCUT2D eigenvalue weighted by molar-refractivity contribution is -0.786. The SMILES string of the molecule is Cc1ccc(C2=C(c3ccccc3)[B-](c3ccccc3)(c3ccccc3)[N+](C)(C)CC2)cc1. The van der Waals surface area contributed by atoms with Crippen LogP contribution in [0.25, 0.3) is 11.0 Å². The predicted molar refractivity (Wildman–Crippen MR) is 144 cm³/mol. The highest BCUT2D eigenvalue weighted by Gasteiger charge is 2.51. The molecule has 2 heteroatoms. The minimum absolute atomic E-state index is 0.924. The lowest BCUT2D eigenvalue weighted by Gasteiger charge is -2.61. The van der Waals surface area contributed by atoms with Crippen LogP contribution in [-0.2, 0) is 0 Å². The largest absolute Gasteiger partial charge is 0.508 e. The van der Waals surface area contributed by atoms with Crippen molar-refractivity contribution in [1.29, 1.82) is 0 Å². The van der Waals surface area contributed by atoms with Crippen molar-refractivity contribution in [3.63, 3.8) is 0 Å². The third-order valence-corrected chi connectivity index (χ3v) is 7.78. The van der Waals surface area contributed by atoms with Gasteiger partial charge in [0.15, 0.2) is 0 Å². The van der Waals surface area contributed by atoms with Gasteiger partial charge < -0.3 is 4.39 Å². The third-order valence-electron chi connectivity index (χ3n) is 7.78. The fourth-order valence-corrected chi connectivity index (χ4v) is 6.21. The average molecular weight is 429 g/mol. The van der Waals surface area contributed by atoms with Gasteiger partial charge in [-0.3, -0.25) is 0 Å². The number of benzene rings is 4. The van der Waals surface area contributed by atoms with Crippen LogP contribution in [0.15, 0.2) is 115 Å². The summed E-state index contributed by atoms with van der Waals surface area (Å²) in [6.07, 6.45) is -0.237. The minimum atomic E-state index is -1.30. The molecule has 0 aromatic heterocycles. The average Bonchev–Trinajstić information content (AvgIpc) is 2.86. The van der Waals surface area contributed by atoms with Gasteiger partial charge in [0.05, 0.1) is 0 Å². The fourth-order valence-electron chi connectivity index (χ4n) is 6.21. The van der Waals surface area contributed by atoms with Gasteiger partial charge in [-0.1, -0.05) is 132 Å². The van der Waals surface area contributed by atoms with Crippen LogP contribution in [0.3, 0.4) is 0 Å². The van der Waals surface area contributed by atoms with E-state index in [0.29, 0.717) is 0 Å². The quantitative estimate of drug-likeness (QED) is 0.366. The number of hydrogen-bond donors (Lipinski definition) is 0. The zero-order valence-corrected chi connectivity index (χ0v) is 19.9. The Morgan fingerprint density at radius 3 is 1.58 bits per heavy atom. The smallest absolute Gasteiger partial charge is 0.291 e. The molecule has 0 unspecified atom stereocenters. The Morgan fingerprint density at radius 2 is 1.06 bits per heavy atom. The molecule has 0 spiro atoms. The Labute approximate surface area is 198 Å². The minimum Gasteiger partial charge on any atom is -0.508 e. The van der Waals surface area contributed by atoms with Gasteiger partial charge in [-0.2, -0.15) is 0 Å². The third kappa shape index (κ3) is 3.55. The second-order valence-corrected chi connectivity index (χ2v) is 10.0. The molecule has 0 saturated carbocycles. The van der Waals surface area contributed by atoms with Gasteiger partial charge >= 0.3 is 0 Å². The number of hydrogen-bond acceptors (Lipinski definition) is 0. The van der Waals surface area contributed by atoms with Crippen molar-refractivity contribution < 1.29 is 4.39 Å². The molecule has 0 fully saturated rings. The van der Waals surface area contributed by atoms with E-state index in [2.05, 4.69) is 136 Å². The van der Waals surface area contributed by atoms with Crippen molar-refractivity contribution in [2.75, 3.05) is 20.6 Å². The summed E-state index contributed by atoms with van der Waals surface area (Å²) in [4.78, 5) is 0. The maximum atomic E-state index is 2.43. The summed E-state index contributed by atoms with van der Waals surface area (Å²) in [5.74, 6) is 0. The molecular formula is C31H32BN. The molecule has 0 saturated heterocycles. The summed E-state index contributed by atoms with van der Waals surface area (Å²) < 4.78 is 0.924. The van der Waals surface area contributed by atoms with Crippen LogP contribution in [0.1, 0.15) is 23.1 Å². The molecule has 33 heavy (non-hydrogen) atoms. The molecule has 5 rings (SSSR count). The molecule has 0 N–H and O–H groups in total. The Kier molecular flexibility index (Phi) is 5.56. The van der Waals surface area contributed by atoms with Crippen LogP contribution >= 0.6 is 0 Å². The molecule has 0 aliphatic carbocycles. The van der Waals surface area contributed by atoms with Crippen LogP contribution < -0.4 is 10.9 Å². The number of nitrogens with zero attached hydrogens (tertiary/aromatic N) is 1. The first-order valence-corrected chi connectivity index (χ1v) is 12.0. The van der Waals surface area contributed by atoms with E-state index in [1.165, 1.54) is 38.7 Å². The van der Waals surface area contributed by atoms with E-state index in [1.807, 2.05) is 0 Å². The second-order valence-electron chi connectivity index (χ2n) is 10.0. The van der Waals surface area contributed by atoms with Crippen molar-refractivity contribution >= 4 is 28.3 Å². The molecule has 4 aromatic rings. The predicted octanol–water partition coefficient (Wildman–Crippen LogP) is 5.69. The van der Waals surface area contributed by atoms with Crippen LogP contribution in [-0.4, -0.2) is 31.3 Å². The van der Waals surface area contributed by atoms with Gasteiger partial charge in [0, 0.05) is 27.1 Å². The molecule has 0 amide bonds. The molecule has 0 atom stereocenters. The normalized spacial score (nSPS) is 17.1. The summed E-state index contributed by atoms with van der Waals surface area (Å²) in [5.41, 5.74) is 9.73. The highest BCUT2D eigenvalue weighted by Crippen LogP contribution is 2.43. The van der Waals surface area contributed by atoms with Gasteiger partial charge in [0.25, 0.3) is 6.28 Å². The number of rotatable bonds is 4. The first kappa shape index (κ1) is 21.5. The molecule has 4 aromatic carbocycles. The summed E-state index contributed by atoms with van der Waals surface area (Å²) >= 11 is 0. The van der Waals surface area contributed by atoms with Gasteiger partial charge in [0.1, 0.15) is 0 Å². The van der Waals surface area contributed by atoms with Crippen molar-refractivity contribution in [2.24, 2.45) is 0 Å². The standard InChI is InChI=1S/C31H32BN/c1-25-19-21-26(22-20-25)30-23-24-33(2,3)32(28-15-9-5-10-16-28,29-17-11-6-12-18-29)31(30)27-13-7-4-8-14-27/h4-22H,23-24H2,1-3H3. The van der Waals surface area contributed by atoms with Crippen molar-refractivity contribution in [3.8, 4) is 0 Å². The molecular weight excluding hydrogens is 397 g/mol. The van der Waals surface area contributed by atoms with Gasteiger partial charge in [-0.05, 0) is 12.5 Å². The highest BCUT2D eigenvalue weighted by molar-refractivity contribution is 7.11. The van der Waals surface area contributed by atoms with E-state index >= 15 is 0 Å². The van der Waals surface area contributed by atoms with E-state index in [4.69, 9.17) is 0 Å². The Hall–Kier alpha value is -3.36. The summed E-state index contributed by atoms with van der Waals surface area (Å²) in [7, 11) is 4.85. The monoisotopic (exact) mass is 429 g/mol. The molecule has 0 radical (unpaired) electrons. The highest BCUT2D eigenvalue weighted by atomic mass is 15.3. The van der Waals surface area contributed by atoms with Crippen LogP contribution in [0, 0.1) is 6.92 Å². The van der Waals surface area contributed by atoms with Crippen LogP contribution in [0.4, 0.5) is 0 Å². The van der Waals surface area contributed by atoms with E-state index in [1.54, 1.807) is 0 Å². The van der Waals surface area contributed by atoms with Gasteiger partial charge in [-0.15, -0.1) is 16.4 Å². The zero-order chi connectivity index (χ0) is 22.9. The second kappa shape index (κ2) is 8.54. The number of aryl methyl sites for hydroxylation is 1. The van der Waals surface area contributed by atoms with Crippen molar-refractivity contribution in [3.05, 3.63) is 132 Å². The number of quaternary nitrogens is 1. The summed E-state index contributed by atoms with van der Waals surface area (Å²) in [5, 5.41) is 0. The molecule has 164 valence electrons. The summed E-state index contributed by atoms with van der Waals surface area (Å²) in [6.45, 7) is 3.25. The fraction of sp³-hybridized carbons (Fsp3) is 0.161. The van der Waals surface area contributed by atoms with Crippen molar-refractivity contribution in [1.82, 2.24) is 0 Å². The van der Waals surface area contributed by atoms with Gasteiger partial charge in [-0.25, -0.2) is 0 Å². The molecule has 0 bridgehead atoms. The van der Waals surface area contributed by atoms with Crippen molar-refractivity contribution in [2.45, 2.75) is 13.3 Å². The lowest BCUT2D eigenvalue weighted by Crippen LogP contribution is -2.79. The Balaban J connectivity index is 1.96. The maximum absolute atomic E-state index is 2.43. The molecule has 1 heterocycles. The molecule has 1 nitrogen and oxygen atoms in total. The lowest BCUT2D eigenvalue weighted by atomic mass is 9.19. The first-order chi connectivity index (χ1) is 16.0. The summed E-state index contributed by atoms with van der Waals surface area (Å²) in [6, 6.07) is 42.6. The Bertz CT molecular complexity index is 1220. The first-order valence-electron chi connectivity index (χ1n) is 12.0.